The first-order chi connectivity index (χ1) is 3.29. The first kappa shape index (κ1) is 4.18. The van der Waals surface area contributed by atoms with Crippen molar-refractivity contribution in [2.24, 2.45) is 0 Å². The number of nitrogens with one attached hydrogen (secondary N) is 1. The van der Waals surface area contributed by atoms with Gasteiger partial charge in [-0.15, -0.1) is 0 Å². The Morgan fingerprint density at radius 2 is 2.57 bits per heavy atom. The van der Waals surface area contributed by atoms with Gasteiger partial charge in [0.1, 0.15) is 5.82 Å². The van der Waals surface area contributed by atoms with E-state index in [1.807, 2.05) is 0 Å². The molecule has 1 heterocycles. The number of nitrogen functional groups attached to an aromatic ring is 1. The monoisotopic (exact) mass is 96.1 g/mol. The number of hydrogen-bond donors (Lipinski definition) is 2. The molecule has 1 aromatic heterocycles. The molecule has 0 saturated carbocycles. The number of aromatic amines is 1. The van der Waals surface area contributed by atoms with Gasteiger partial charge in [-0.3, -0.25) is 5.10 Å². The zero-order valence-electron chi connectivity index (χ0n) is 3.81. The van der Waals surface area contributed by atoms with Gasteiger partial charge < -0.3 is 5.73 Å². The molecule has 0 bridgehead atoms. The van der Waals surface area contributed by atoms with Crippen LogP contribution in [0.1, 0.15) is 5.69 Å². The van der Waals surface area contributed by atoms with E-state index < -0.39 is 0 Å². The van der Waals surface area contributed by atoms with Crippen LogP contribution in [-0.2, 0) is 0 Å². The molecule has 1 rings (SSSR count). The lowest BCUT2D eigenvalue weighted by molar-refractivity contribution is 1.08. The van der Waals surface area contributed by atoms with Crippen LogP contribution in [0, 0.1) is 6.92 Å². The lowest BCUT2D eigenvalue weighted by atomic mass is 10.5. The smallest absolute Gasteiger partial charge is 0.119 e. The molecule has 1 aromatic rings. The van der Waals surface area contributed by atoms with E-state index in [1.165, 1.54) is 0 Å². The fourth-order valence-electron chi connectivity index (χ4n) is 0.380. The molecule has 3 heteroatoms. The summed E-state index contributed by atoms with van der Waals surface area (Å²) in [6.07, 6.45) is 0. The Labute approximate surface area is 41.5 Å². The van der Waals surface area contributed by atoms with Crippen LogP contribution in [0.5, 0.6) is 0 Å². The first-order valence-electron chi connectivity index (χ1n) is 1.92. The topological polar surface area (TPSA) is 54.7 Å². The zero-order chi connectivity index (χ0) is 5.28. The molecule has 0 spiro atoms. The van der Waals surface area contributed by atoms with Crippen molar-refractivity contribution in [3.8, 4) is 0 Å². The fraction of sp³-hybridized carbons (Fsp3) is 0. The third kappa shape index (κ3) is 0.707. The lowest BCUT2D eigenvalue weighted by Gasteiger charge is -1.70. The van der Waals surface area contributed by atoms with Crippen LogP contribution in [0.4, 0.5) is 5.82 Å². The average Bonchev–Trinajstić information content (AvgIpc) is 1.87. The van der Waals surface area contributed by atoms with E-state index in [0.717, 1.165) is 0 Å². The molecule has 0 unspecified atom stereocenters. The third-order valence-electron chi connectivity index (χ3n) is 0.651. The van der Waals surface area contributed by atoms with Crippen molar-refractivity contribution in [1.29, 1.82) is 0 Å². The number of nitrogens with two attached hydrogens (primary N) is 1. The van der Waals surface area contributed by atoms with Crippen molar-refractivity contribution >= 4 is 5.82 Å². The maximum absolute atomic E-state index is 5.22. The SMILES string of the molecule is [CH2]c1cc(N)[nH]n1. The Bertz CT molecular complexity index is 139. The van der Waals surface area contributed by atoms with Gasteiger partial charge in [-0.05, 0) is 6.92 Å². The van der Waals surface area contributed by atoms with Crippen molar-refractivity contribution in [1.82, 2.24) is 10.2 Å². The molecule has 0 amide bonds. The van der Waals surface area contributed by atoms with E-state index in [2.05, 4.69) is 17.1 Å². The molecule has 0 atom stereocenters. The van der Waals surface area contributed by atoms with Gasteiger partial charge in [0.05, 0.1) is 5.69 Å². The standard InChI is InChI=1S/C4H6N3/c1-3-2-4(5)7-6-3/h2H,1H2,(H3,5,6,7). The predicted molar refractivity (Wildman–Crippen MR) is 27.5 cm³/mol. The number of nitrogens with zero attached hydrogens (tertiary/aromatic N) is 1. The highest BCUT2D eigenvalue weighted by molar-refractivity contribution is 5.29. The van der Waals surface area contributed by atoms with Crippen LogP contribution in [0.25, 0.3) is 0 Å². The number of H-pyrrole nitrogens is 1. The van der Waals surface area contributed by atoms with Gasteiger partial charge in [0.15, 0.2) is 0 Å². The van der Waals surface area contributed by atoms with Crippen LogP contribution in [-0.4, -0.2) is 10.2 Å². The van der Waals surface area contributed by atoms with E-state index in [-0.39, 0.29) is 0 Å². The summed E-state index contributed by atoms with van der Waals surface area (Å²) >= 11 is 0. The Kier molecular flexibility index (Phi) is 0.749. The van der Waals surface area contributed by atoms with Crippen LogP contribution in [0.15, 0.2) is 6.07 Å². The van der Waals surface area contributed by atoms with Gasteiger partial charge in [-0.2, -0.15) is 5.10 Å². The summed E-state index contributed by atoms with van der Waals surface area (Å²) in [5.41, 5.74) is 5.90. The van der Waals surface area contributed by atoms with E-state index in [9.17, 15) is 0 Å². The number of hydrogen-bond acceptors (Lipinski definition) is 2. The van der Waals surface area contributed by atoms with Gasteiger partial charge in [-0.25, -0.2) is 0 Å². The minimum atomic E-state index is 0.560. The normalized spacial score (nSPS) is 9.29. The summed E-state index contributed by atoms with van der Waals surface area (Å²) in [5, 5.41) is 6.19. The van der Waals surface area contributed by atoms with E-state index in [0.29, 0.717) is 11.5 Å². The molecule has 3 nitrogen and oxygen atoms in total. The summed E-state index contributed by atoms with van der Waals surface area (Å²) in [6.45, 7) is 3.52. The van der Waals surface area contributed by atoms with Crippen LogP contribution in [0.3, 0.4) is 0 Å². The summed E-state index contributed by atoms with van der Waals surface area (Å²) in [7, 11) is 0. The highest BCUT2D eigenvalue weighted by Crippen LogP contribution is 1.95. The zero-order valence-corrected chi connectivity index (χ0v) is 3.81. The van der Waals surface area contributed by atoms with Crippen molar-refractivity contribution < 1.29 is 0 Å². The highest BCUT2D eigenvalue weighted by atomic mass is 15.1. The molecule has 0 fully saturated rings. The van der Waals surface area contributed by atoms with Gasteiger partial charge >= 0.3 is 0 Å². The Morgan fingerprint density at radius 3 is 2.71 bits per heavy atom. The summed E-state index contributed by atoms with van der Waals surface area (Å²) in [4.78, 5) is 0. The maximum atomic E-state index is 5.22. The molecular formula is C4H6N3. The predicted octanol–water partition coefficient (Wildman–Crippen LogP) is 0.174. The van der Waals surface area contributed by atoms with E-state index in [4.69, 9.17) is 5.73 Å². The second-order valence-corrected chi connectivity index (χ2v) is 1.31. The third-order valence-corrected chi connectivity index (χ3v) is 0.651. The summed E-state index contributed by atoms with van der Waals surface area (Å²) in [5.74, 6) is 0.560. The molecule has 37 valence electrons. The first-order valence-corrected chi connectivity index (χ1v) is 1.92. The Morgan fingerprint density at radius 1 is 1.86 bits per heavy atom. The molecule has 1 radical (unpaired) electrons. The van der Waals surface area contributed by atoms with Gasteiger partial charge in [0.2, 0.25) is 0 Å². The van der Waals surface area contributed by atoms with Crippen LogP contribution >= 0.6 is 0 Å². The highest BCUT2D eigenvalue weighted by Gasteiger charge is 1.85. The number of aromatic nitrogens is 2. The average molecular weight is 96.1 g/mol. The molecule has 3 N–H and O–H groups in total. The Hall–Kier alpha value is -0.990. The number of rotatable bonds is 0. The van der Waals surface area contributed by atoms with Crippen LogP contribution < -0.4 is 5.73 Å². The lowest BCUT2D eigenvalue weighted by Crippen LogP contribution is -1.81. The summed E-state index contributed by atoms with van der Waals surface area (Å²) in [6, 6.07) is 1.67. The second kappa shape index (κ2) is 1.26. The molecule has 0 saturated heterocycles. The van der Waals surface area contributed by atoms with E-state index >= 15 is 0 Å². The molecule has 0 aliphatic heterocycles. The molecule has 7 heavy (non-hydrogen) atoms. The fourth-order valence-corrected chi connectivity index (χ4v) is 0.380. The minimum Gasteiger partial charge on any atom is -0.384 e. The summed E-state index contributed by atoms with van der Waals surface area (Å²) < 4.78 is 0. The quantitative estimate of drug-likeness (QED) is 0.484. The largest absolute Gasteiger partial charge is 0.384 e. The minimum absolute atomic E-state index is 0.560. The van der Waals surface area contributed by atoms with Crippen LogP contribution in [0.2, 0.25) is 0 Å². The van der Waals surface area contributed by atoms with Gasteiger partial charge in [0, 0.05) is 6.07 Å². The van der Waals surface area contributed by atoms with Crippen molar-refractivity contribution in [3.05, 3.63) is 18.7 Å². The van der Waals surface area contributed by atoms with Crippen molar-refractivity contribution in [3.63, 3.8) is 0 Å². The maximum Gasteiger partial charge on any atom is 0.119 e. The molecule has 0 aliphatic rings. The van der Waals surface area contributed by atoms with Crippen molar-refractivity contribution in [2.45, 2.75) is 0 Å². The molecular weight excluding hydrogens is 90.1 g/mol. The van der Waals surface area contributed by atoms with Gasteiger partial charge in [0.25, 0.3) is 0 Å². The second-order valence-electron chi connectivity index (χ2n) is 1.31. The number of anilines is 1. The Balaban J connectivity index is 3.04. The van der Waals surface area contributed by atoms with E-state index in [1.54, 1.807) is 6.07 Å². The molecule has 0 aromatic carbocycles. The van der Waals surface area contributed by atoms with Crippen molar-refractivity contribution in [2.75, 3.05) is 5.73 Å². The van der Waals surface area contributed by atoms with Gasteiger partial charge in [-0.1, -0.05) is 0 Å². The molecule has 0 aliphatic carbocycles.